The molecule has 2 fully saturated rings. The van der Waals surface area contributed by atoms with Crippen LogP contribution in [0, 0.1) is 11.6 Å². The normalized spacial score (nSPS) is 29.1. The molecule has 25 heavy (non-hydrogen) atoms. The summed E-state index contributed by atoms with van der Waals surface area (Å²) in [7, 11) is 0. The van der Waals surface area contributed by atoms with E-state index in [1.165, 1.54) is 12.1 Å². The molecular weight excluding hydrogens is 332 g/mol. The minimum absolute atomic E-state index is 0.0194. The van der Waals surface area contributed by atoms with Crippen LogP contribution in [0.25, 0.3) is 0 Å². The summed E-state index contributed by atoms with van der Waals surface area (Å²) in [5.41, 5.74) is 0.694. The van der Waals surface area contributed by atoms with Gasteiger partial charge in [-0.25, -0.2) is 8.78 Å². The van der Waals surface area contributed by atoms with Crippen molar-refractivity contribution < 1.29 is 28.8 Å². The first kappa shape index (κ1) is 18.7. The lowest BCUT2D eigenvalue weighted by molar-refractivity contribution is -0.109. The zero-order valence-corrected chi connectivity index (χ0v) is 14.1. The lowest BCUT2D eigenvalue weighted by Gasteiger charge is -2.36. The lowest BCUT2D eigenvalue weighted by Crippen LogP contribution is -2.55. The second kappa shape index (κ2) is 8.05. The number of nitrogens with zero attached hydrogens (tertiary/aromatic N) is 1. The molecule has 2 aliphatic rings. The second-order valence-electron chi connectivity index (χ2n) is 6.98. The van der Waals surface area contributed by atoms with Gasteiger partial charge in [-0.05, 0) is 42.9 Å². The largest absolute Gasteiger partial charge is 0.389 e. The van der Waals surface area contributed by atoms with Crippen LogP contribution in [-0.4, -0.2) is 71.4 Å². The Kier molecular flexibility index (Phi) is 6.01. The van der Waals surface area contributed by atoms with E-state index in [1.807, 2.05) is 0 Å². The Morgan fingerprint density at radius 2 is 1.56 bits per heavy atom. The predicted octanol–water partition coefficient (Wildman–Crippen LogP) is 0.800. The standard InChI is InChI=1S/C18H25F2NO4/c19-14-7-12(11-2-5-25-6-3-11)8-15(20)13(14)1-4-21-9-16(22)18(24)17(23)10-21/h7-8,11,16-18,22-24H,1-6,9-10H2. The molecule has 1 aromatic carbocycles. The molecule has 2 heterocycles. The minimum Gasteiger partial charge on any atom is -0.389 e. The SMILES string of the molecule is OC1CN(CCc2c(F)cc(C3CCOCC3)cc2F)CC(O)C1O. The van der Waals surface area contributed by atoms with Gasteiger partial charge in [-0.2, -0.15) is 0 Å². The van der Waals surface area contributed by atoms with Crippen LogP contribution in [0.15, 0.2) is 12.1 Å². The lowest BCUT2D eigenvalue weighted by atomic mass is 9.90. The van der Waals surface area contributed by atoms with Crippen molar-refractivity contribution in [2.24, 2.45) is 0 Å². The molecule has 1 aromatic rings. The molecule has 0 saturated carbocycles. The first-order valence-corrected chi connectivity index (χ1v) is 8.78. The molecule has 0 amide bonds. The summed E-state index contributed by atoms with van der Waals surface area (Å²) in [6, 6.07) is 2.83. The molecule has 0 spiro atoms. The fraction of sp³-hybridized carbons (Fsp3) is 0.667. The number of benzene rings is 1. The Hall–Kier alpha value is -1.12. The average molecular weight is 357 g/mol. The summed E-state index contributed by atoms with van der Waals surface area (Å²) in [5.74, 6) is -0.986. The number of aliphatic hydroxyl groups excluding tert-OH is 3. The first-order valence-electron chi connectivity index (χ1n) is 8.78. The van der Waals surface area contributed by atoms with Gasteiger partial charge in [0.2, 0.25) is 0 Å². The third-order valence-electron chi connectivity index (χ3n) is 5.21. The van der Waals surface area contributed by atoms with Crippen molar-refractivity contribution in [2.45, 2.75) is 43.5 Å². The third-order valence-corrected chi connectivity index (χ3v) is 5.21. The summed E-state index contributed by atoms with van der Waals surface area (Å²) in [6.07, 6.45) is -1.62. The summed E-state index contributed by atoms with van der Waals surface area (Å²) in [4.78, 5) is 1.70. The number of piperidine rings is 1. The highest BCUT2D eigenvalue weighted by molar-refractivity contribution is 5.29. The molecule has 0 aromatic heterocycles. The van der Waals surface area contributed by atoms with E-state index in [1.54, 1.807) is 4.90 Å². The quantitative estimate of drug-likeness (QED) is 0.743. The summed E-state index contributed by atoms with van der Waals surface area (Å²) < 4.78 is 34.1. The Morgan fingerprint density at radius 3 is 2.12 bits per heavy atom. The van der Waals surface area contributed by atoms with Gasteiger partial charge in [0, 0.05) is 38.4 Å². The van der Waals surface area contributed by atoms with Crippen LogP contribution in [0.2, 0.25) is 0 Å². The van der Waals surface area contributed by atoms with Crippen LogP contribution in [0.3, 0.4) is 0 Å². The van der Waals surface area contributed by atoms with Crippen LogP contribution >= 0.6 is 0 Å². The van der Waals surface area contributed by atoms with E-state index < -0.39 is 29.9 Å². The Balaban J connectivity index is 1.64. The van der Waals surface area contributed by atoms with Crippen LogP contribution in [-0.2, 0) is 11.2 Å². The number of ether oxygens (including phenoxy) is 1. The fourth-order valence-electron chi connectivity index (χ4n) is 3.66. The summed E-state index contributed by atoms with van der Waals surface area (Å²) in [5, 5.41) is 28.9. The van der Waals surface area contributed by atoms with Gasteiger partial charge in [0.1, 0.15) is 17.7 Å². The number of rotatable bonds is 4. The number of hydrogen-bond acceptors (Lipinski definition) is 5. The Bertz CT molecular complexity index is 559. The smallest absolute Gasteiger partial charge is 0.129 e. The van der Waals surface area contributed by atoms with E-state index in [0.717, 1.165) is 12.8 Å². The Morgan fingerprint density at radius 1 is 1.00 bits per heavy atom. The number of β-amino-alcohol motifs (C(OH)–C–C–N with tert-alkyl or cyclic N) is 2. The molecule has 2 unspecified atom stereocenters. The van der Waals surface area contributed by atoms with Crippen LogP contribution < -0.4 is 0 Å². The minimum atomic E-state index is -1.18. The monoisotopic (exact) mass is 357 g/mol. The van der Waals surface area contributed by atoms with E-state index in [4.69, 9.17) is 4.74 Å². The van der Waals surface area contributed by atoms with Gasteiger partial charge in [-0.15, -0.1) is 0 Å². The molecule has 7 heteroatoms. The van der Waals surface area contributed by atoms with Crippen molar-refractivity contribution in [1.29, 1.82) is 0 Å². The molecule has 2 saturated heterocycles. The number of hydrogen-bond donors (Lipinski definition) is 3. The topological polar surface area (TPSA) is 73.2 Å². The van der Waals surface area contributed by atoms with E-state index in [-0.39, 0.29) is 31.0 Å². The molecule has 0 bridgehead atoms. The molecule has 2 atom stereocenters. The van der Waals surface area contributed by atoms with E-state index in [0.29, 0.717) is 25.3 Å². The maximum Gasteiger partial charge on any atom is 0.129 e. The van der Waals surface area contributed by atoms with Gasteiger partial charge in [-0.3, -0.25) is 4.90 Å². The second-order valence-corrected chi connectivity index (χ2v) is 6.98. The highest BCUT2D eigenvalue weighted by Gasteiger charge is 2.33. The van der Waals surface area contributed by atoms with Gasteiger partial charge in [0.05, 0.1) is 12.2 Å². The van der Waals surface area contributed by atoms with Crippen LogP contribution in [0.4, 0.5) is 8.78 Å². The van der Waals surface area contributed by atoms with Crippen molar-refractivity contribution in [3.63, 3.8) is 0 Å². The molecule has 0 radical (unpaired) electrons. The maximum atomic E-state index is 14.4. The molecule has 5 nitrogen and oxygen atoms in total. The third kappa shape index (κ3) is 4.35. The van der Waals surface area contributed by atoms with Crippen LogP contribution in [0.5, 0.6) is 0 Å². The molecule has 3 N–H and O–H groups in total. The first-order chi connectivity index (χ1) is 12.0. The maximum absolute atomic E-state index is 14.4. The van der Waals surface area contributed by atoms with Gasteiger partial charge in [-0.1, -0.05) is 0 Å². The van der Waals surface area contributed by atoms with Gasteiger partial charge >= 0.3 is 0 Å². The molecular formula is C18H25F2NO4. The highest BCUT2D eigenvalue weighted by atomic mass is 19.1. The predicted molar refractivity (Wildman–Crippen MR) is 87.3 cm³/mol. The number of aliphatic hydroxyl groups is 3. The van der Waals surface area contributed by atoms with Crippen molar-refractivity contribution in [1.82, 2.24) is 4.90 Å². The Labute approximate surface area is 145 Å². The highest BCUT2D eigenvalue weighted by Crippen LogP contribution is 2.29. The van der Waals surface area contributed by atoms with Crippen molar-refractivity contribution in [3.8, 4) is 0 Å². The number of likely N-dealkylation sites (tertiary alicyclic amines) is 1. The zero-order valence-electron chi connectivity index (χ0n) is 14.1. The zero-order chi connectivity index (χ0) is 18.0. The van der Waals surface area contributed by atoms with Crippen LogP contribution in [0.1, 0.15) is 29.9 Å². The molecule has 140 valence electrons. The summed E-state index contributed by atoms with van der Waals surface area (Å²) >= 11 is 0. The molecule has 3 rings (SSSR count). The average Bonchev–Trinajstić information content (AvgIpc) is 2.59. The van der Waals surface area contributed by atoms with E-state index in [9.17, 15) is 24.1 Å². The number of halogens is 2. The summed E-state index contributed by atoms with van der Waals surface area (Å²) in [6.45, 7) is 1.86. The molecule has 0 aliphatic carbocycles. The van der Waals surface area contributed by atoms with Crippen molar-refractivity contribution in [3.05, 3.63) is 34.9 Å². The van der Waals surface area contributed by atoms with Gasteiger partial charge in [0.25, 0.3) is 0 Å². The van der Waals surface area contributed by atoms with Crippen molar-refractivity contribution in [2.75, 3.05) is 32.8 Å². The van der Waals surface area contributed by atoms with Crippen molar-refractivity contribution >= 4 is 0 Å². The van der Waals surface area contributed by atoms with Gasteiger partial charge < -0.3 is 20.1 Å². The van der Waals surface area contributed by atoms with E-state index in [2.05, 4.69) is 0 Å². The fourth-order valence-corrected chi connectivity index (χ4v) is 3.66. The molecule has 2 aliphatic heterocycles. The van der Waals surface area contributed by atoms with E-state index >= 15 is 0 Å². The van der Waals surface area contributed by atoms with Gasteiger partial charge in [0.15, 0.2) is 0 Å².